The van der Waals surface area contributed by atoms with Crippen LogP contribution in [0.5, 0.6) is 0 Å². The van der Waals surface area contributed by atoms with Gasteiger partial charge in [-0.1, -0.05) is 17.7 Å². The molecule has 1 saturated heterocycles. The first-order valence-electron chi connectivity index (χ1n) is 7.84. The number of carbonyl (C=O) groups is 2. The van der Waals surface area contributed by atoms with E-state index in [1.165, 1.54) is 0 Å². The maximum atomic E-state index is 12.1. The third-order valence-corrected chi connectivity index (χ3v) is 3.83. The molecular formula is C17H24N2O3. The van der Waals surface area contributed by atoms with Crippen LogP contribution in [0.25, 0.3) is 0 Å². The van der Waals surface area contributed by atoms with Crippen LogP contribution in [0.15, 0.2) is 24.3 Å². The topological polar surface area (TPSA) is 58.6 Å². The van der Waals surface area contributed by atoms with Gasteiger partial charge in [0.25, 0.3) is 0 Å². The second-order valence-electron chi connectivity index (χ2n) is 5.74. The van der Waals surface area contributed by atoms with E-state index in [9.17, 15) is 9.59 Å². The van der Waals surface area contributed by atoms with Crippen LogP contribution in [0, 0.1) is 12.8 Å². The van der Waals surface area contributed by atoms with Crippen LogP contribution in [0.2, 0.25) is 0 Å². The number of esters is 1. The molecule has 1 aromatic rings. The third-order valence-electron chi connectivity index (χ3n) is 3.83. The molecule has 1 aromatic carbocycles. The summed E-state index contributed by atoms with van der Waals surface area (Å²) >= 11 is 0. The Kier molecular flexibility index (Phi) is 5.95. The molecule has 1 aliphatic heterocycles. The van der Waals surface area contributed by atoms with Crippen LogP contribution in [-0.2, 0) is 14.3 Å². The lowest BCUT2D eigenvalue weighted by Gasteiger charge is -2.30. The number of piperidine rings is 1. The molecule has 5 heteroatoms. The van der Waals surface area contributed by atoms with Gasteiger partial charge in [-0.05, 0) is 45.4 Å². The molecule has 1 aliphatic rings. The van der Waals surface area contributed by atoms with E-state index in [1.807, 2.05) is 43.0 Å². The maximum Gasteiger partial charge on any atom is 0.310 e. The first-order chi connectivity index (χ1) is 10.6. The van der Waals surface area contributed by atoms with Gasteiger partial charge in [-0.25, -0.2) is 0 Å². The molecule has 1 amide bonds. The highest BCUT2D eigenvalue weighted by Gasteiger charge is 2.27. The number of hydrogen-bond donors (Lipinski definition) is 1. The molecule has 1 N–H and O–H groups in total. The van der Waals surface area contributed by atoms with Crippen LogP contribution in [-0.4, -0.2) is 43.0 Å². The number of nitrogens with one attached hydrogen (secondary N) is 1. The molecule has 0 saturated carbocycles. The number of rotatable bonds is 5. The summed E-state index contributed by atoms with van der Waals surface area (Å²) in [4.78, 5) is 25.9. The lowest BCUT2D eigenvalue weighted by Crippen LogP contribution is -2.43. The van der Waals surface area contributed by atoms with Crippen LogP contribution >= 0.6 is 0 Å². The minimum Gasteiger partial charge on any atom is -0.466 e. The Balaban J connectivity index is 1.83. The van der Waals surface area contributed by atoms with Crippen molar-refractivity contribution in [3.05, 3.63) is 29.8 Å². The summed E-state index contributed by atoms with van der Waals surface area (Å²) in [6, 6.07) is 7.72. The molecule has 1 fully saturated rings. The normalized spacial score (nSPS) is 18.7. The van der Waals surface area contributed by atoms with Gasteiger partial charge in [0.05, 0.1) is 19.1 Å². The van der Waals surface area contributed by atoms with Crippen molar-refractivity contribution in [2.45, 2.75) is 26.7 Å². The molecule has 5 nitrogen and oxygen atoms in total. The molecule has 0 bridgehead atoms. The van der Waals surface area contributed by atoms with Gasteiger partial charge in [-0.15, -0.1) is 0 Å². The lowest BCUT2D eigenvalue weighted by molar-refractivity contribution is -0.150. The van der Waals surface area contributed by atoms with Gasteiger partial charge in [-0.3, -0.25) is 14.5 Å². The number of likely N-dealkylation sites (tertiary alicyclic amines) is 1. The summed E-state index contributed by atoms with van der Waals surface area (Å²) in [6.07, 6.45) is 1.76. The quantitative estimate of drug-likeness (QED) is 0.847. The van der Waals surface area contributed by atoms with Crippen LogP contribution in [0.4, 0.5) is 5.69 Å². The zero-order valence-electron chi connectivity index (χ0n) is 13.3. The van der Waals surface area contributed by atoms with Crippen LogP contribution < -0.4 is 5.32 Å². The zero-order chi connectivity index (χ0) is 15.9. The molecule has 1 heterocycles. The molecule has 0 aromatic heterocycles. The van der Waals surface area contributed by atoms with Crippen molar-refractivity contribution < 1.29 is 14.3 Å². The Morgan fingerprint density at radius 3 is 2.73 bits per heavy atom. The zero-order valence-corrected chi connectivity index (χ0v) is 13.3. The Hall–Kier alpha value is -1.88. The van der Waals surface area contributed by atoms with Crippen molar-refractivity contribution >= 4 is 17.6 Å². The fourth-order valence-electron chi connectivity index (χ4n) is 2.69. The van der Waals surface area contributed by atoms with Crippen molar-refractivity contribution in [3.8, 4) is 0 Å². The molecular weight excluding hydrogens is 280 g/mol. The average Bonchev–Trinajstić information content (AvgIpc) is 2.50. The van der Waals surface area contributed by atoms with Crippen molar-refractivity contribution in [2.75, 3.05) is 31.6 Å². The van der Waals surface area contributed by atoms with Crippen molar-refractivity contribution in [1.82, 2.24) is 4.90 Å². The number of anilines is 1. The van der Waals surface area contributed by atoms with Gasteiger partial charge in [0.2, 0.25) is 5.91 Å². The Bertz CT molecular complexity index is 513. The molecule has 0 unspecified atom stereocenters. The summed E-state index contributed by atoms with van der Waals surface area (Å²) < 4.78 is 5.08. The highest BCUT2D eigenvalue weighted by Crippen LogP contribution is 2.18. The van der Waals surface area contributed by atoms with E-state index in [2.05, 4.69) is 5.32 Å². The van der Waals surface area contributed by atoms with E-state index in [-0.39, 0.29) is 17.8 Å². The van der Waals surface area contributed by atoms with Gasteiger partial charge in [0, 0.05) is 12.2 Å². The third kappa shape index (κ3) is 4.84. The number of benzene rings is 1. The number of aryl methyl sites for hydroxylation is 1. The number of hydrogen-bond acceptors (Lipinski definition) is 4. The van der Waals surface area contributed by atoms with Gasteiger partial charge in [0.1, 0.15) is 0 Å². The van der Waals surface area contributed by atoms with E-state index in [1.54, 1.807) is 0 Å². The summed E-state index contributed by atoms with van der Waals surface area (Å²) in [5.41, 5.74) is 1.96. The van der Waals surface area contributed by atoms with Gasteiger partial charge in [0.15, 0.2) is 0 Å². The minimum atomic E-state index is -0.147. The van der Waals surface area contributed by atoms with Crippen LogP contribution in [0.1, 0.15) is 25.3 Å². The molecule has 120 valence electrons. The predicted octanol–water partition coefficient (Wildman–Crippen LogP) is 2.21. The predicted molar refractivity (Wildman–Crippen MR) is 85.6 cm³/mol. The van der Waals surface area contributed by atoms with Gasteiger partial charge in [-0.2, -0.15) is 0 Å². The van der Waals surface area contributed by atoms with Crippen molar-refractivity contribution in [3.63, 3.8) is 0 Å². The van der Waals surface area contributed by atoms with E-state index in [0.717, 1.165) is 30.6 Å². The second-order valence-corrected chi connectivity index (χ2v) is 5.74. The van der Waals surface area contributed by atoms with E-state index < -0.39 is 0 Å². The summed E-state index contributed by atoms with van der Waals surface area (Å²) in [7, 11) is 0. The number of carbonyl (C=O) groups excluding carboxylic acids is 2. The number of amides is 1. The molecule has 1 atom stereocenters. The summed E-state index contributed by atoms with van der Waals surface area (Å²) in [6.45, 7) is 5.98. The van der Waals surface area contributed by atoms with Gasteiger partial charge < -0.3 is 10.1 Å². The van der Waals surface area contributed by atoms with Crippen molar-refractivity contribution in [1.29, 1.82) is 0 Å². The van der Waals surface area contributed by atoms with Crippen LogP contribution in [0.3, 0.4) is 0 Å². The molecule has 2 rings (SSSR count). The van der Waals surface area contributed by atoms with E-state index in [0.29, 0.717) is 19.7 Å². The maximum absolute atomic E-state index is 12.1. The Morgan fingerprint density at radius 1 is 1.32 bits per heavy atom. The van der Waals surface area contributed by atoms with Crippen molar-refractivity contribution in [2.24, 2.45) is 5.92 Å². The fourth-order valence-corrected chi connectivity index (χ4v) is 2.69. The Morgan fingerprint density at radius 2 is 2.05 bits per heavy atom. The molecule has 0 spiro atoms. The summed E-state index contributed by atoms with van der Waals surface area (Å²) in [5, 5.41) is 2.89. The smallest absolute Gasteiger partial charge is 0.310 e. The fraction of sp³-hybridized carbons (Fsp3) is 0.529. The first-order valence-corrected chi connectivity index (χ1v) is 7.84. The summed E-state index contributed by atoms with van der Waals surface area (Å²) in [5.74, 6) is -0.305. The van der Waals surface area contributed by atoms with E-state index >= 15 is 0 Å². The number of nitrogens with zero attached hydrogens (tertiary/aromatic N) is 1. The molecule has 22 heavy (non-hydrogen) atoms. The standard InChI is InChI=1S/C17H24N2O3/c1-3-22-17(21)14-5-4-10-19(11-14)12-16(20)18-15-8-6-13(2)7-9-15/h6-9,14H,3-5,10-12H2,1-2H3,(H,18,20)/t14-/m0/s1. The van der Waals surface area contributed by atoms with E-state index in [4.69, 9.17) is 4.74 Å². The number of ether oxygens (including phenoxy) is 1. The largest absolute Gasteiger partial charge is 0.466 e. The first kappa shape index (κ1) is 16.5. The molecule has 0 radical (unpaired) electrons. The average molecular weight is 304 g/mol. The Labute approximate surface area is 131 Å². The minimum absolute atomic E-state index is 0.0478. The second kappa shape index (κ2) is 7.94. The monoisotopic (exact) mass is 304 g/mol. The SMILES string of the molecule is CCOC(=O)[C@H]1CCCN(CC(=O)Nc2ccc(C)cc2)C1. The lowest BCUT2D eigenvalue weighted by atomic mass is 9.98. The van der Waals surface area contributed by atoms with Gasteiger partial charge >= 0.3 is 5.97 Å². The molecule has 0 aliphatic carbocycles. The highest BCUT2D eigenvalue weighted by molar-refractivity contribution is 5.92. The highest BCUT2D eigenvalue weighted by atomic mass is 16.5.